The Morgan fingerprint density at radius 2 is 1.52 bits per heavy atom. The van der Waals surface area contributed by atoms with Gasteiger partial charge in [0.05, 0.1) is 18.2 Å². The zero-order valence-electron chi connectivity index (χ0n) is 27.1. The van der Waals surface area contributed by atoms with Crippen LogP contribution in [-0.4, -0.2) is 72.4 Å². The summed E-state index contributed by atoms with van der Waals surface area (Å²) in [6.07, 6.45) is 7.67. The highest BCUT2D eigenvalue weighted by atomic mass is 16.3. The molecule has 0 amide bonds. The number of nitrogens with zero attached hydrogens (tertiary/aromatic N) is 6. The molecule has 0 radical (unpaired) electrons. The van der Waals surface area contributed by atoms with Gasteiger partial charge in [0.15, 0.2) is 11.6 Å². The third-order valence-electron chi connectivity index (χ3n) is 8.92. The van der Waals surface area contributed by atoms with Gasteiger partial charge in [0.2, 0.25) is 0 Å². The number of aliphatic hydroxyl groups is 2. The number of rotatable bonds is 11. The first-order chi connectivity index (χ1) is 23.5. The van der Waals surface area contributed by atoms with Crippen LogP contribution in [0.4, 0.5) is 23.0 Å². The summed E-state index contributed by atoms with van der Waals surface area (Å²) in [6.45, 7) is 7.81. The van der Waals surface area contributed by atoms with Crippen LogP contribution in [0, 0.1) is 13.8 Å². The summed E-state index contributed by atoms with van der Waals surface area (Å²) < 4.78 is 0. The van der Waals surface area contributed by atoms with Gasteiger partial charge in [0.25, 0.3) is 0 Å². The van der Waals surface area contributed by atoms with E-state index in [0.717, 1.165) is 80.7 Å². The van der Waals surface area contributed by atoms with E-state index < -0.39 is 0 Å². The Labute approximate surface area is 279 Å². The molecule has 4 aromatic heterocycles. The molecule has 1 atom stereocenters. The number of aromatic nitrogens is 5. The number of fused-ring (bicyclic) bond motifs is 2. The van der Waals surface area contributed by atoms with Gasteiger partial charge in [0, 0.05) is 68.1 Å². The van der Waals surface area contributed by atoms with E-state index in [2.05, 4.69) is 85.0 Å². The van der Waals surface area contributed by atoms with Crippen LogP contribution in [0.5, 0.6) is 0 Å². The molecule has 11 heteroatoms. The van der Waals surface area contributed by atoms with Gasteiger partial charge in [-0.25, -0.2) is 15.0 Å². The summed E-state index contributed by atoms with van der Waals surface area (Å²) in [4.78, 5) is 25.4. The van der Waals surface area contributed by atoms with Crippen molar-refractivity contribution in [1.29, 1.82) is 0 Å². The van der Waals surface area contributed by atoms with Crippen molar-refractivity contribution < 1.29 is 10.2 Å². The van der Waals surface area contributed by atoms with Gasteiger partial charge in [0.1, 0.15) is 17.4 Å². The number of hydrogen-bond acceptors (Lipinski definition) is 11. The molecule has 2 aromatic carbocycles. The van der Waals surface area contributed by atoms with E-state index in [1.54, 1.807) is 6.33 Å². The van der Waals surface area contributed by atoms with Gasteiger partial charge in [-0.15, -0.1) is 0 Å². The fourth-order valence-corrected chi connectivity index (χ4v) is 6.36. The molecule has 6 aromatic rings. The summed E-state index contributed by atoms with van der Waals surface area (Å²) >= 11 is 0. The maximum Gasteiger partial charge on any atom is 0.160 e. The maximum atomic E-state index is 9.91. The molecule has 7 rings (SSSR count). The molecule has 244 valence electrons. The highest BCUT2D eigenvalue weighted by Gasteiger charge is 2.20. The lowest BCUT2D eigenvalue weighted by atomic mass is 9.94. The van der Waals surface area contributed by atoms with Crippen LogP contribution in [0.3, 0.4) is 0 Å². The molecular weight excluding hydrogens is 602 g/mol. The number of benzene rings is 2. The fraction of sp³-hybridized carbons (Fsp3) is 0.270. The molecule has 1 saturated heterocycles. The van der Waals surface area contributed by atoms with Crippen LogP contribution in [0.15, 0.2) is 79.5 Å². The van der Waals surface area contributed by atoms with Crippen LogP contribution in [0.2, 0.25) is 0 Å². The number of anilines is 4. The van der Waals surface area contributed by atoms with Gasteiger partial charge >= 0.3 is 0 Å². The van der Waals surface area contributed by atoms with Crippen molar-refractivity contribution in [1.82, 2.24) is 35.1 Å². The third-order valence-corrected chi connectivity index (χ3v) is 8.92. The predicted molar refractivity (Wildman–Crippen MR) is 189 cm³/mol. The molecule has 5 heterocycles. The van der Waals surface area contributed by atoms with Crippen LogP contribution in [0.1, 0.15) is 28.7 Å². The summed E-state index contributed by atoms with van der Waals surface area (Å²) in [5, 5.41) is 30.2. The van der Waals surface area contributed by atoms with Crippen molar-refractivity contribution in [2.24, 2.45) is 0 Å². The molecule has 0 aliphatic carbocycles. The molecule has 1 aliphatic heterocycles. The second-order valence-corrected chi connectivity index (χ2v) is 12.3. The van der Waals surface area contributed by atoms with Crippen molar-refractivity contribution >= 4 is 44.9 Å². The number of hydrogen-bond donors (Lipinski definition) is 5. The van der Waals surface area contributed by atoms with E-state index in [-0.39, 0.29) is 12.7 Å². The molecule has 1 fully saturated rings. The monoisotopic (exact) mass is 641 g/mol. The smallest absolute Gasteiger partial charge is 0.160 e. The Morgan fingerprint density at radius 3 is 2.23 bits per heavy atom. The Kier molecular flexibility index (Phi) is 9.17. The van der Waals surface area contributed by atoms with Crippen LogP contribution in [-0.2, 0) is 13.1 Å². The van der Waals surface area contributed by atoms with Crippen LogP contribution >= 0.6 is 0 Å². The molecule has 1 aliphatic rings. The van der Waals surface area contributed by atoms with Crippen molar-refractivity contribution in [3.63, 3.8) is 0 Å². The van der Waals surface area contributed by atoms with Gasteiger partial charge in [-0.1, -0.05) is 24.3 Å². The zero-order valence-corrected chi connectivity index (χ0v) is 27.1. The minimum Gasteiger partial charge on any atom is -0.395 e. The summed E-state index contributed by atoms with van der Waals surface area (Å²) in [5.74, 6) is 1.34. The largest absolute Gasteiger partial charge is 0.395 e. The maximum absolute atomic E-state index is 9.91. The highest BCUT2D eigenvalue weighted by molar-refractivity contribution is 5.92. The Morgan fingerprint density at radius 1 is 0.812 bits per heavy atom. The Bertz CT molecular complexity index is 2090. The third kappa shape index (κ3) is 6.67. The van der Waals surface area contributed by atoms with Gasteiger partial charge in [-0.2, -0.15) is 0 Å². The van der Waals surface area contributed by atoms with Crippen LogP contribution in [0.25, 0.3) is 33.1 Å². The second kappa shape index (κ2) is 14.0. The standard InChI is InChI=1S/C37H39N9O2/c1-23-29(5-3-7-31(23)44-36-34-27(9-11-39-36)15-26(19-40-34)20-46-13-10-28(48)21-46)30-6-4-8-32(24(30)2)45-37-35-33(42-22-43-37)16-25(18-41-35)17-38-12-14-47/h3-9,11,15-16,18-19,22,28,38,47-48H,10,12-14,17,20-21H2,1-2H3,(H,39,44)(H,42,43,45). The molecule has 48 heavy (non-hydrogen) atoms. The van der Waals surface area contributed by atoms with Crippen molar-refractivity contribution in [2.75, 3.05) is 36.9 Å². The Hall–Kier alpha value is -5.07. The average molecular weight is 642 g/mol. The van der Waals surface area contributed by atoms with Crippen molar-refractivity contribution in [3.05, 3.63) is 102 Å². The predicted octanol–water partition coefficient (Wildman–Crippen LogP) is 5.39. The van der Waals surface area contributed by atoms with Crippen LogP contribution < -0.4 is 16.0 Å². The SMILES string of the molecule is Cc1c(Nc2nccc3cc(CN4CCC(O)C4)cnc23)cccc1-c1cccc(Nc2ncnc3cc(CNCCO)cnc23)c1C. The molecule has 11 nitrogen and oxygen atoms in total. The fourth-order valence-electron chi connectivity index (χ4n) is 6.36. The van der Waals surface area contributed by atoms with E-state index in [9.17, 15) is 5.11 Å². The lowest BCUT2D eigenvalue weighted by molar-refractivity contribution is 0.175. The molecule has 0 saturated carbocycles. The number of β-amino-alcohol motifs (C(OH)–C–C–N with tert-alkyl or cyclic N) is 1. The number of nitrogens with one attached hydrogen (secondary N) is 3. The lowest BCUT2D eigenvalue weighted by Gasteiger charge is -2.18. The highest BCUT2D eigenvalue weighted by Crippen LogP contribution is 2.36. The summed E-state index contributed by atoms with van der Waals surface area (Å²) in [6, 6.07) is 18.6. The molecule has 0 bridgehead atoms. The molecule has 5 N–H and O–H groups in total. The topological polar surface area (TPSA) is 144 Å². The number of pyridine rings is 3. The summed E-state index contributed by atoms with van der Waals surface area (Å²) in [5.41, 5.74) is 10.6. The van der Waals surface area contributed by atoms with E-state index in [1.165, 1.54) is 0 Å². The van der Waals surface area contributed by atoms with E-state index >= 15 is 0 Å². The molecule has 0 spiro atoms. The minimum absolute atomic E-state index is 0.0860. The quantitative estimate of drug-likeness (QED) is 0.116. The first-order valence-electron chi connectivity index (χ1n) is 16.3. The van der Waals surface area contributed by atoms with Gasteiger partial charge in [-0.3, -0.25) is 14.9 Å². The minimum atomic E-state index is -0.239. The van der Waals surface area contributed by atoms with E-state index in [0.29, 0.717) is 36.8 Å². The number of likely N-dealkylation sites (tertiary alicyclic amines) is 1. The van der Waals surface area contributed by atoms with Gasteiger partial charge in [-0.05, 0) is 84.0 Å². The normalized spacial score (nSPS) is 15.0. The first kappa shape index (κ1) is 31.5. The molecular formula is C37H39N9O2. The summed E-state index contributed by atoms with van der Waals surface area (Å²) in [7, 11) is 0. The first-order valence-corrected chi connectivity index (χ1v) is 16.3. The Balaban J connectivity index is 1.13. The molecule has 1 unspecified atom stereocenters. The van der Waals surface area contributed by atoms with Crippen molar-refractivity contribution in [2.45, 2.75) is 39.5 Å². The number of aliphatic hydroxyl groups excluding tert-OH is 2. The van der Waals surface area contributed by atoms with E-state index in [1.807, 2.05) is 42.9 Å². The lowest BCUT2D eigenvalue weighted by Crippen LogP contribution is -2.21. The van der Waals surface area contributed by atoms with Gasteiger partial charge < -0.3 is 26.2 Å². The van der Waals surface area contributed by atoms with Crippen molar-refractivity contribution in [3.8, 4) is 11.1 Å². The zero-order chi connectivity index (χ0) is 33.0. The van der Waals surface area contributed by atoms with E-state index in [4.69, 9.17) is 10.1 Å². The second-order valence-electron chi connectivity index (χ2n) is 12.3. The average Bonchev–Trinajstić information content (AvgIpc) is 3.51.